The zero-order valence-electron chi connectivity index (χ0n) is 9.41. The third-order valence-corrected chi connectivity index (χ3v) is 4.83. The van der Waals surface area contributed by atoms with Crippen molar-refractivity contribution in [1.29, 1.82) is 0 Å². The van der Waals surface area contributed by atoms with E-state index in [1.807, 2.05) is 12.3 Å². The Morgan fingerprint density at radius 3 is 2.82 bits per heavy atom. The van der Waals surface area contributed by atoms with Crippen LogP contribution in [-0.2, 0) is 0 Å². The second-order valence-electron chi connectivity index (χ2n) is 3.69. The van der Waals surface area contributed by atoms with Crippen molar-refractivity contribution in [1.82, 2.24) is 4.98 Å². The van der Waals surface area contributed by atoms with Gasteiger partial charge in [-0.05, 0) is 31.5 Å². The van der Waals surface area contributed by atoms with Crippen LogP contribution in [0.15, 0.2) is 27.9 Å². The molecule has 0 N–H and O–H groups in total. The van der Waals surface area contributed by atoms with Crippen molar-refractivity contribution < 1.29 is 4.39 Å². The molecule has 1 aromatic heterocycles. The molecule has 0 aliphatic heterocycles. The Morgan fingerprint density at radius 2 is 2.24 bits per heavy atom. The van der Waals surface area contributed by atoms with Gasteiger partial charge >= 0.3 is 0 Å². The number of benzene rings is 1. The summed E-state index contributed by atoms with van der Waals surface area (Å²) < 4.78 is 14.1. The molecule has 5 heteroatoms. The van der Waals surface area contributed by atoms with Crippen LogP contribution in [0.4, 0.5) is 4.39 Å². The fraction of sp³-hybridized carbons (Fsp3) is 0.250. The molecular formula is C12H11ClFNS2. The van der Waals surface area contributed by atoms with Crippen molar-refractivity contribution in [2.24, 2.45) is 0 Å². The van der Waals surface area contributed by atoms with Crippen molar-refractivity contribution in [3.8, 4) is 0 Å². The highest BCUT2D eigenvalue weighted by Gasteiger charge is 2.11. The molecule has 1 atom stereocenters. The van der Waals surface area contributed by atoms with Crippen LogP contribution in [0.2, 0.25) is 5.02 Å². The highest BCUT2D eigenvalue weighted by Crippen LogP contribution is 2.37. The molecule has 0 saturated carbocycles. The lowest BCUT2D eigenvalue weighted by atomic mass is 10.2. The van der Waals surface area contributed by atoms with E-state index in [2.05, 4.69) is 11.9 Å². The van der Waals surface area contributed by atoms with E-state index < -0.39 is 0 Å². The van der Waals surface area contributed by atoms with Crippen LogP contribution in [0.3, 0.4) is 0 Å². The molecule has 0 aliphatic carbocycles. The first kappa shape index (κ1) is 12.9. The molecule has 1 aromatic carbocycles. The van der Waals surface area contributed by atoms with Gasteiger partial charge in [0.15, 0.2) is 4.34 Å². The van der Waals surface area contributed by atoms with Gasteiger partial charge in [0.25, 0.3) is 0 Å². The first-order valence-electron chi connectivity index (χ1n) is 5.10. The number of nitrogens with zero attached hydrogens (tertiary/aromatic N) is 1. The maximum absolute atomic E-state index is 13.0. The Bertz CT molecular complexity index is 527. The van der Waals surface area contributed by atoms with Crippen LogP contribution in [0.5, 0.6) is 0 Å². The van der Waals surface area contributed by atoms with Crippen LogP contribution in [-0.4, -0.2) is 4.98 Å². The van der Waals surface area contributed by atoms with Crippen LogP contribution in [0.1, 0.15) is 23.4 Å². The van der Waals surface area contributed by atoms with Crippen molar-refractivity contribution in [2.45, 2.75) is 23.4 Å². The summed E-state index contributed by atoms with van der Waals surface area (Å²) in [7, 11) is 0. The molecule has 0 fully saturated rings. The van der Waals surface area contributed by atoms with E-state index in [4.69, 9.17) is 11.6 Å². The van der Waals surface area contributed by atoms with Gasteiger partial charge in [-0.1, -0.05) is 29.4 Å². The zero-order chi connectivity index (χ0) is 12.4. The van der Waals surface area contributed by atoms with Gasteiger partial charge in [-0.25, -0.2) is 9.37 Å². The van der Waals surface area contributed by atoms with Gasteiger partial charge in [0.05, 0.1) is 5.02 Å². The van der Waals surface area contributed by atoms with E-state index in [0.29, 0.717) is 0 Å². The molecule has 0 radical (unpaired) electrons. The van der Waals surface area contributed by atoms with Crippen LogP contribution in [0.25, 0.3) is 0 Å². The molecule has 2 rings (SSSR count). The first-order chi connectivity index (χ1) is 8.06. The summed E-state index contributed by atoms with van der Waals surface area (Å²) >= 11 is 9.05. The first-order valence-corrected chi connectivity index (χ1v) is 7.23. The Labute approximate surface area is 113 Å². The number of hydrogen-bond acceptors (Lipinski definition) is 3. The lowest BCUT2D eigenvalue weighted by Crippen LogP contribution is -1.89. The number of aromatic nitrogens is 1. The van der Waals surface area contributed by atoms with E-state index in [9.17, 15) is 4.39 Å². The van der Waals surface area contributed by atoms with Gasteiger partial charge in [-0.3, -0.25) is 0 Å². The molecule has 0 amide bonds. The monoisotopic (exact) mass is 287 g/mol. The standard InChI is InChI=1S/C12H11ClFNS2/c1-7-6-16-12(15-7)17-8(2)9-3-4-11(14)10(13)5-9/h3-6,8H,1-2H3/t8-/m0/s1. The second-order valence-corrected chi connectivity index (χ2v) is 6.54. The largest absolute Gasteiger partial charge is 0.235 e. The lowest BCUT2D eigenvalue weighted by Gasteiger charge is -2.10. The van der Waals surface area contributed by atoms with Crippen molar-refractivity contribution in [3.05, 3.63) is 45.7 Å². The van der Waals surface area contributed by atoms with Gasteiger partial charge < -0.3 is 0 Å². The van der Waals surface area contributed by atoms with Gasteiger partial charge in [0.2, 0.25) is 0 Å². The molecule has 0 bridgehead atoms. The van der Waals surface area contributed by atoms with Crippen LogP contribution < -0.4 is 0 Å². The highest BCUT2D eigenvalue weighted by molar-refractivity contribution is 8.01. The normalized spacial score (nSPS) is 12.7. The van der Waals surface area contributed by atoms with E-state index in [1.165, 1.54) is 6.07 Å². The maximum Gasteiger partial charge on any atom is 0.150 e. The fourth-order valence-corrected chi connectivity index (χ4v) is 3.66. The molecule has 17 heavy (non-hydrogen) atoms. The molecule has 0 spiro atoms. The predicted molar refractivity (Wildman–Crippen MR) is 72.5 cm³/mol. The smallest absolute Gasteiger partial charge is 0.150 e. The fourth-order valence-electron chi connectivity index (χ4n) is 1.37. The quantitative estimate of drug-likeness (QED) is 0.729. The summed E-state index contributed by atoms with van der Waals surface area (Å²) in [6, 6.07) is 4.84. The molecule has 0 saturated heterocycles. The predicted octanol–water partition coefficient (Wildman–Crippen LogP) is 5.10. The van der Waals surface area contributed by atoms with Gasteiger partial charge in [-0.2, -0.15) is 0 Å². The third-order valence-electron chi connectivity index (χ3n) is 2.29. The minimum Gasteiger partial charge on any atom is -0.235 e. The van der Waals surface area contributed by atoms with Crippen molar-refractivity contribution in [3.63, 3.8) is 0 Å². The highest BCUT2D eigenvalue weighted by atomic mass is 35.5. The van der Waals surface area contributed by atoms with E-state index in [1.54, 1.807) is 35.2 Å². The maximum atomic E-state index is 13.0. The molecule has 1 heterocycles. The number of aryl methyl sites for hydroxylation is 1. The van der Waals surface area contributed by atoms with E-state index >= 15 is 0 Å². The van der Waals surface area contributed by atoms with E-state index in [0.717, 1.165) is 15.6 Å². The second kappa shape index (κ2) is 5.38. The van der Waals surface area contributed by atoms with E-state index in [-0.39, 0.29) is 16.1 Å². The lowest BCUT2D eigenvalue weighted by molar-refractivity contribution is 0.627. The van der Waals surface area contributed by atoms with Crippen LogP contribution >= 0.6 is 34.7 Å². The van der Waals surface area contributed by atoms with Gasteiger partial charge in [0, 0.05) is 16.3 Å². The summed E-state index contributed by atoms with van der Waals surface area (Å²) in [5, 5.41) is 2.40. The number of thioether (sulfide) groups is 1. The summed E-state index contributed by atoms with van der Waals surface area (Å²) in [4.78, 5) is 4.39. The Kier molecular flexibility index (Phi) is 4.07. The summed E-state index contributed by atoms with van der Waals surface area (Å²) in [5.74, 6) is -0.377. The average molecular weight is 288 g/mol. The molecule has 0 aliphatic rings. The topological polar surface area (TPSA) is 12.9 Å². The molecular weight excluding hydrogens is 277 g/mol. The average Bonchev–Trinajstić information content (AvgIpc) is 2.68. The zero-order valence-corrected chi connectivity index (χ0v) is 11.8. The number of thiazole rings is 1. The molecule has 1 nitrogen and oxygen atoms in total. The molecule has 2 aromatic rings. The minimum absolute atomic E-state index is 0.172. The van der Waals surface area contributed by atoms with Crippen LogP contribution in [0, 0.1) is 12.7 Å². The van der Waals surface area contributed by atoms with Crippen molar-refractivity contribution >= 4 is 34.7 Å². The number of halogens is 2. The summed E-state index contributed by atoms with van der Waals surface area (Å²) in [6.45, 7) is 4.03. The van der Waals surface area contributed by atoms with Gasteiger partial charge in [-0.15, -0.1) is 11.3 Å². The Morgan fingerprint density at radius 1 is 1.47 bits per heavy atom. The summed E-state index contributed by atoms with van der Waals surface area (Å²) in [5.41, 5.74) is 2.04. The third kappa shape index (κ3) is 3.21. The number of rotatable bonds is 3. The summed E-state index contributed by atoms with van der Waals surface area (Å²) in [6.07, 6.45) is 0. The molecule has 90 valence electrons. The SMILES string of the molecule is Cc1csc(S[C@@H](C)c2ccc(F)c(Cl)c2)n1. The minimum atomic E-state index is -0.377. The van der Waals surface area contributed by atoms with Crippen molar-refractivity contribution in [2.75, 3.05) is 0 Å². The van der Waals surface area contributed by atoms with Gasteiger partial charge in [0.1, 0.15) is 5.82 Å². The Balaban J connectivity index is 2.14. The Hall–Kier alpha value is -0.580. The molecule has 0 unspecified atom stereocenters. The number of hydrogen-bond donors (Lipinski definition) is 0.